The molecule has 2 rings (SSSR count). The fourth-order valence-electron chi connectivity index (χ4n) is 2.03. The van der Waals surface area contributed by atoms with Crippen molar-refractivity contribution in [3.63, 3.8) is 0 Å². The second-order valence-corrected chi connectivity index (χ2v) is 4.47. The van der Waals surface area contributed by atoms with Crippen LogP contribution < -0.4 is 4.74 Å². The minimum atomic E-state index is -0.537. The van der Waals surface area contributed by atoms with Crippen LogP contribution in [0.1, 0.15) is 21.5 Å². The van der Waals surface area contributed by atoms with Crippen LogP contribution in [-0.2, 0) is 0 Å². The van der Waals surface area contributed by atoms with Gasteiger partial charge in [0.2, 0.25) is 0 Å². The lowest BCUT2D eigenvalue weighted by Crippen LogP contribution is -2.05. The molecule has 0 heterocycles. The van der Waals surface area contributed by atoms with Gasteiger partial charge in [0.05, 0.1) is 17.6 Å². The van der Waals surface area contributed by atoms with Gasteiger partial charge >= 0.3 is 0 Å². The molecular weight excluding hydrogens is 274 g/mol. The lowest BCUT2D eigenvalue weighted by molar-refractivity contribution is -0.384. The Morgan fingerprint density at radius 2 is 1.86 bits per heavy atom. The maximum absolute atomic E-state index is 12.4. The SMILES string of the molecule is COc1cc(C)c(C(=O)c2ccc([N+](=O)[O-])cc2)c(O)c1. The highest BCUT2D eigenvalue weighted by Crippen LogP contribution is 2.29. The average molecular weight is 287 g/mol. The minimum absolute atomic E-state index is 0.0952. The molecule has 2 aromatic rings. The Labute approximate surface area is 120 Å². The van der Waals surface area contributed by atoms with Crippen LogP contribution in [0.25, 0.3) is 0 Å². The highest BCUT2D eigenvalue weighted by Gasteiger charge is 2.18. The molecule has 0 unspecified atom stereocenters. The summed E-state index contributed by atoms with van der Waals surface area (Å²) >= 11 is 0. The number of hydrogen-bond acceptors (Lipinski definition) is 5. The Hall–Kier alpha value is -2.89. The molecule has 0 atom stereocenters. The molecule has 0 radical (unpaired) electrons. The molecule has 0 amide bonds. The van der Waals surface area contributed by atoms with Crippen molar-refractivity contribution in [2.45, 2.75) is 6.92 Å². The molecule has 6 nitrogen and oxygen atoms in total. The summed E-state index contributed by atoms with van der Waals surface area (Å²) < 4.78 is 5.01. The fourth-order valence-corrected chi connectivity index (χ4v) is 2.03. The number of phenolic OH excluding ortho intramolecular Hbond substituents is 1. The summed E-state index contributed by atoms with van der Waals surface area (Å²) in [5, 5.41) is 20.6. The number of phenols is 1. The van der Waals surface area contributed by atoms with E-state index in [-0.39, 0.29) is 22.6 Å². The van der Waals surface area contributed by atoms with Crippen molar-refractivity contribution < 1.29 is 19.6 Å². The van der Waals surface area contributed by atoms with E-state index in [2.05, 4.69) is 0 Å². The number of carbonyl (C=O) groups is 1. The summed E-state index contributed by atoms with van der Waals surface area (Å²) in [6.07, 6.45) is 0. The highest BCUT2D eigenvalue weighted by atomic mass is 16.6. The Morgan fingerprint density at radius 1 is 1.24 bits per heavy atom. The second-order valence-electron chi connectivity index (χ2n) is 4.47. The number of aryl methyl sites for hydroxylation is 1. The van der Waals surface area contributed by atoms with Crippen molar-refractivity contribution in [1.29, 1.82) is 0 Å². The van der Waals surface area contributed by atoms with Crippen molar-refractivity contribution >= 4 is 11.5 Å². The Morgan fingerprint density at radius 3 is 2.33 bits per heavy atom. The third-order valence-corrected chi connectivity index (χ3v) is 3.09. The predicted octanol–water partition coefficient (Wildman–Crippen LogP) is 2.85. The first kappa shape index (κ1) is 14.5. The molecule has 0 saturated heterocycles. The van der Waals surface area contributed by atoms with Gasteiger partial charge in [-0.05, 0) is 30.7 Å². The first-order chi connectivity index (χ1) is 9.93. The van der Waals surface area contributed by atoms with Crippen LogP contribution >= 0.6 is 0 Å². The zero-order chi connectivity index (χ0) is 15.6. The fraction of sp³-hybridized carbons (Fsp3) is 0.133. The average Bonchev–Trinajstić information content (AvgIpc) is 2.46. The molecule has 0 spiro atoms. The summed E-state index contributed by atoms with van der Waals surface area (Å²) in [4.78, 5) is 22.5. The molecule has 0 aliphatic rings. The molecule has 0 aromatic heterocycles. The smallest absolute Gasteiger partial charge is 0.269 e. The van der Waals surface area contributed by atoms with E-state index in [0.29, 0.717) is 11.3 Å². The number of ether oxygens (including phenoxy) is 1. The van der Waals surface area contributed by atoms with E-state index < -0.39 is 10.7 Å². The molecule has 2 aromatic carbocycles. The molecule has 0 aliphatic carbocycles. The molecule has 108 valence electrons. The van der Waals surface area contributed by atoms with Gasteiger partial charge in [0.15, 0.2) is 5.78 Å². The quantitative estimate of drug-likeness (QED) is 0.530. The van der Waals surface area contributed by atoms with Crippen molar-refractivity contribution in [2.24, 2.45) is 0 Å². The van der Waals surface area contributed by atoms with Crippen molar-refractivity contribution in [3.05, 3.63) is 63.2 Å². The van der Waals surface area contributed by atoms with E-state index >= 15 is 0 Å². The van der Waals surface area contributed by atoms with Crippen LogP contribution in [0.2, 0.25) is 0 Å². The number of ketones is 1. The van der Waals surface area contributed by atoms with Crippen LogP contribution in [0.15, 0.2) is 36.4 Å². The summed E-state index contributed by atoms with van der Waals surface area (Å²) in [5.41, 5.74) is 0.895. The summed E-state index contributed by atoms with van der Waals surface area (Å²) in [7, 11) is 1.46. The van der Waals surface area contributed by atoms with Gasteiger partial charge in [0.1, 0.15) is 11.5 Å². The largest absolute Gasteiger partial charge is 0.507 e. The number of carbonyl (C=O) groups excluding carboxylic acids is 1. The number of aromatic hydroxyl groups is 1. The van der Waals surface area contributed by atoms with Gasteiger partial charge in [0.25, 0.3) is 5.69 Å². The molecular formula is C15H13NO5. The number of hydrogen-bond donors (Lipinski definition) is 1. The third kappa shape index (κ3) is 2.84. The number of non-ortho nitro benzene ring substituents is 1. The van der Waals surface area contributed by atoms with E-state index in [1.54, 1.807) is 13.0 Å². The van der Waals surface area contributed by atoms with Gasteiger partial charge in [-0.25, -0.2) is 0 Å². The Kier molecular flexibility index (Phi) is 3.89. The molecule has 6 heteroatoms. The first-order valence-electron chi connectivity index (χ1n) is 6.10. The van der Waals surface area contributed by atoms with Crippen LogP contribution in [-0.4, -0.2) is 22.9 Å². The maximum Gasteiger partial charge on any atom is 0.269 e. The van der Waals surface area contributed by atoms with Crippen LogP contribution in [0.5, 0.6) is 11.5 Å². The summed E-state index contributed by atoms with van der Waals surface area (Å²) in [5.74, 6) is -0.136. The van der Waals surface area contributed by atoms with Crippen LogP contribution in [0.3, 0.4) is 0 Å². The number of methoxy groups -OCH3 is 1. The minimum Gasteiger partial charge on any atom is -0.507 e. The van der Waals surface area contributed by atoms with Crippen LogP contribution in [0, 0.1) is 17.0 Å². The third-order valence-electron chi connectivity index (χ3n) is 3.09. The van der Waals surface area contributed by atoms with Gasteiger partial charge in [0, 0.05) is 23.8 Å². The predicted molar refractivity (Wildman–Crippen MR) is 75.9 cm³/mol. The number of rotatable bonds is 4. The summed E-state index contributed by atoms with van der Waals surface area (Å²) in [6, 6.07) is 8.23. The van der Waals surface area contributed by atoms with Gasteiger partial charge < -0.3 is 9.84 Å². The van der Waals surface area contributed by atoms with E-state index in [9.17, 15) is 20.0 Å². The van der Waals surface area contributed by atoms with Crippen molar-refractivity contribution in [3.8, 4) is 11.5 Å². The van der Waals surface area contributed by atoms with Gasteiger partial charge in [-0.15, -0.1) is 0 Å². The molecule has 0 fully saturated rings. The monoisotopic (exact) mass is 287 g/mol. The number of nitro benzene ring substituents is 1. The Balaban J connectivity index is 2.42. The van der Waals surface area contributed by atoms with Crippen LogP contribution in [0.4, 0.5) is 5.69 Å². The normalized spacial score (nSPS) is 10.2. The lowest BCUT2D eigenvalue weighted by Gasteiger charge is -2.10. The molecule has 0 bridgehead atoms. The number of nitrogens with zero attached hydrogens (tertiary/aromatic N) is 1. The van der Waals surface area contributed by atoms with Gasteiger partial charge in [-0.2, -0.15) is 0 Å². The molecule has 1 N–H and O–H groups in total. The topological polar surface area (TPSA) is 89.7 Å². The highest BCUT2D eigenvalue weighted by molar-refractivity contribution is 6.11. The van der Waals surface area contributed by atoms with E-state index in [0.717, 1.165) is 0 Å². The standard InChI is InChI=1S/C15H13NO5/c1-9-7-12(21-2)8-13(17)14(9)15(18)10-3-5-11(6-4-10)16(19)20/h3-8,17H,1-2H3. The van der Waals surface area contributed by atoms with E-state index in [4.69, 9.17) is 4.74 Å². The summed E-state index contributed by atoms with van der Waals surface area (Å²) in [6.45, 7) is 1.68. The lowest BCUT2D eigenvalue weighted by atomic mass is 9.97. The Bertz CT molecular complexity index is 683. The maximum atomic E-state index is 12.4. The second kappa shape index (κ2) is 5.62. The van der Waals surface area contributed by atoms with Gasteiger partial charge in [-0.1, -0.05) is 0 Å². The van der Waals surface area contributed by atoms with E-state index in [1.165, 1.54) is 37.4 Å². The van der Waals surface area contributed by atoms with Crippen molar-refractivity contribution in [2.75, 3.05) is 7.11 Å². The zero-order valence-corrected chi connectivity index (χ0v) is 11.5. The molecule has 0 aliphatic heterocycles. The van der Waals surface area contributed by atoms with E-state index in [1.807, 2.05) is 0 Å². The zero-order valence-electron chi connectivity index (χ0n) is 11.5. The first-order valence-corrected chi connectivity index (χ1v) is 6.10. The van der Waals surface area contributed by atoms with Gasteiger partial charge in [-0.3, -0.25) is 14.9 Å². The molecule has 0 saturated carbocycles. The molecule has 21 heavy (non-hydrogen) atoms. The van der Waals surface area contributed by atoms with Crippen molar-refractivity contribution in [1.82, 2.24) is 0 Å². The number of nitro groups is 1. The number of benzene rings is 2.